The fourth-order valence-corrected chi connectivity index (χ4v) is 4.14. The van der Waals surface area contributed by atoms with Gasteiger partial charge in [0.1, 0.15) is 0 Å². The molecule has 0 amide bonds. The molecule has 1 fully saturated rings. The minimum Gasteiger partial charge on any atom is -0.493 e. The van der Waals surface area contributed by atoms with Crippen molar-refractivity contribution in [2.45, 2.75) is 13.0 Å². The Labute approximate surface area is 176 Å². The van der Waals surface area contributed by atoms with Crippen LogP contribution in [0.4, 0.5) is 5.00 Å². The number of nitrogens with one attached hydrogen (secondary N) is 1. The van der Waals surface area contributed by atoms with Gasteiger partial charge in [0.15, 0.2) is 17.5 Å². The van der Waals surface area contributed by atoms with Crippen LogP contribution in [0.3, 0.4) is 0 Å². The Morgan fingerprint density at radius 2 is 1.93 bits per heavy atom. The molecule has 8 heteroatoms. The molecule has 158 valence electrons. The maximum atomic E-state index is 10.6. The second-order valence-corrected chi connectivity index (χ2v) is 7.68. The van der Waals surface area contributed by atoms with Gasteiger partial charge in [-0.2, -0.15) is 0 Å². The number of aliphatic hydroxyl groups excluding tert-OH is 1. The number of piperazine rings is 1. The Kier molecular flexibility index (Phi) is 7.60. The number of hydrogen-bond acceptors (Lipinski definition) is 6. The van der Waals surface area contributed by atoms with Crippen molar-refractivity contribution in [3.8, 4) is 11.5 Å². The van der Waals surface area contributed by atoms with Gasteiger partial charge in [0.2, 0.25) is 0 Å². The number of methoxy groups -OCH3 is 2. The maximum Gasteiger partial charge on any atom is 0.194 e. The Morgan fingerprint density at radius 3 is 2.55 bits per heavy atom. The molecule has 1 aromatic heterocycles. The molecule has 7 nitrogen and oxygen atoms in total. The summed E-state index contributed by atoms with van der Waals surface area (Å²) in [6.45, 7) is 6.85. The lowest BCUT2D eigenvalue weighted by Gasteiger charge is -2.37. The first kappa shape index (κ1) is 21.3. The van der Waals surface area contributed by atoms with Crippen LogP contribution < -0.4 is 19.7 Å². The monoisotopic (exact) mass is 418 g/mol. The lowest BCUT2D eigenvalue weighted by Crippen LogP contribution is -2.52. The number of thiophene rings is 1. The normalized spacial score (nSPS) is 15.9. The van der Waals surface area contributed by atoms with E-state index in [0.29, 0.717) is 11.5 Å². The summed E-state index contributed by atoms with van der Waals surface area (Å²) in [7, 11) is 3.18. The molecule has 0 radical (unpaired) electrons. The molecule has 1 aromatic carbocycles. The van der Waals surface area contributed by atoms with Gasteiger partial charge in [-0.15, -0.1) is 11.3 Å². The standard InChI is InChI=1S/C21H30N4O3S/c1-4-22-21(25-11-9-24(10-12-25)20-6-5-13-29-20)23-15-17(26)16-7-8-18(27-2)19(14-16)28-3/h5-8,13-14,17,26H,4,9-12,15H2,1-3H3,(H,22,23). The Hall–Kier alpha value is -2.45. The summed E-state index contributed by atoms with van der Waals surface area (Å²) in [5.74, 6) is 2.09. The zero-order valence-electron chi connectivity index (χ0n) is 17.3. The molecule has 1 aliphatic heterocycles. The van der Waals surface area contributed by atoms with Crippen molar-refractivity contribution >= 4 is 22.3 Å². The molecule has 1 atom stereocenters. The number of nitrogens with zero attached hydrogens (tertiary/aromatic N) is 3. The second-order valence-electron chi connectivity index (χ2n) is 6.75. The van der Waals surface area contributed by atoms with E-state index in [4.69, 9.17) is 14.5 Å². The van der Waals surface area contributed by atoms with Gasteiger partial charge in [0.05, 0.1) is 31.9 Å². The average molecular weight is 419 g/mol. The van der Waals surface area contributed by atoms with Crippen LogP contribution in [-0.2, 0) is 0 Å². The highest BCUT2D eigenvalue weighted by molar-refractivity contribution is 7.14. The van der Waals surface area contributed by atoms with Crippen molar-refractivity contribution < 1.29 is 14.6 Å². The van der Waals surface area contributed by atoms with Crippen molar-refractivity contribution in [2.75, 3.05) is 58.4 Å². The van der Waals surface area contributed by atoms with Crippen LogP contribution in [0.5, 0.6) is 11.5 Å². The molecule has 2 aromatic rings. The number of aliphatic hydroxyl groups is 1. The quantitative estimate of drug-likeness (QED) is 0.532. The van der Waals surface area contributed by atoms with Crippen LogP contribution in [-0.4, -0.2) is 69.5 Å². The van der Waals surface area contributed by atoms with E-state index >= 15 is 0 Å². The summed E-state index contributed by atoms with van der Waals surface area (Å²) >= 11 is 1.78. The highest BCUT2D eigenvalue weighted by Gasteiger charge is 2.21. The van der Waals surface area contributed by atoms with E-state index in [1.807, 2.05) is 6.07 Å². The van der Waals surface area contributed by atoms with Crippen LogP contribution in [0.15, 0.2) is 40.7 Å². The molecule has 2 heterocycles. The highest BCUT2D eigenvalue weighted by Crippen LogP contribution is 2.30. The SMILES string of the molecule is CCNC(=NCC(O)c1ccc(OC)c(OC)c1)N1CCN(c2cccs2)CC1. The van der Waals surface area contributed by atoms with E-state index < -0.39 is 6.10 Å². The van der Waals surface area contributed by atoms with Gasteiger partial charge in [-0.25, -0.2) is 0 Å². The molecule has 1 aliphatic rings. The molecule has 1 unspecified atom stereocenters. The highest BCUT2D eigenvalue weighted by atomic mass is 32.1. The summed E-state index contributed by atoms with van der Waals surface area (Å²) in [4.78, 5) is 9.36. The van der Waals surface area contributed by atoms with E-state index in [9.17, 15) is 5.11 Å². The van der Waals surface area contributed by atoms with Crippen LogP contribution in [0.1, 0.15) is 18.6 Å². The van der Waals surface area contributed by atoms with Crippen molar-refractivity contribution in [3.05, 3.63) is 41.3 Å². The lowest BCUT2D eigenvalue weighted by molar-refractivity contribution is 0.186. The summed E-state index contributed by atoms with van der Waals surface area (Å²) < 4.78 is 10.6. The first-order chi connectivity index (χ1) is 14.2. The van der Waals surface area contributed by atoms with Crippen LogP contribution in [0, 0.1) is 0 Å². The van der Waals surface area contributed by atoms with Gasteiger partial charge in [-0.05, 0) is 42.1 Å². The maximum absolute atomic E-state index is 10.6. The van der Waals surface area contributed by atoms with E-state index in [1.165, 1.54) is 5.00 Å². The summed E-state index contributed by atoms with van der Waals surface area (Å²) in [6, 6.07) is 9.70. The average Bonchev–Trinajstić information content (AvgIpc) is 3.31. The molecule has 1 saturated heterocycles. The third-order valence-electron chi connectivity index (χ3n) is 4.94. The Morgan fingerprint density at radius 1 is 1.17 bits per heavy atom. The molecule has 2 N–H and O–H groups in total. The van der Waals surface area contributed by atoms with E-state index in [2.05, 4.69) is 39.6 Å². The molecule has 0 aliphatic carbocycles. The Balaban J connectivity index is 1.63. The van der Waals surface area contributed by atoms with E-state index in [1.54, 1.807) is 37.7 Å². The van der Waals surface area contributed by atoms with Gasteiger partial charge >= 0.3 is 0 Å². The number of aliphatic imine (C=N–C) groups is 1. The van der Waals surface area contributed by atoms with Gasteiger partial charge in [0, 0.05) is 32.7 Å². The molecule has 0 spiro atoms. The second kappa shape index (κ2) is 10.4. The summed E-state index contributed by atoms with van der Waals surface area (Å²) in [5.41, 5.74) is 0.754. The predicted molar refractivity (Wildman–Crippen MR) is 119 cm³/mol. The fourth-order valence-electron chi connectivity index (χ4n) is 3.35. The topological polar surface area (TPSA) is 69.6 Å². The molecule has 3 rings (SSSR count). The van der Waals surface area contributed by atoms with E-state index in [0.717, 1.165) is 44.2 Å². The van der Waals surface area contributed by atoms with Gasteiger partial charge in [-0.3, -0.25) is 4.99 Å². The molecular weight excluding hydrogens is 388 g/mol. The largest absolute Gasteiger partial charge is 0.493 e. The molecular formula is C21H30N4O3S. The van der Waals surface area contributed by atoms with Crippen molar-refractivity contribution in [3.63, 3.8) is 0 Å². The van der Waals surface area contributed by atoms with Crippen molar-refractivity contribution in [1.82, 2.24) is 10.2 Å². The smallest absolute Gasteiger partial charge is 0.194 e. The van der Waals surface area contributed by atoms with Crippen LogP contribution in [0.25, 0.3) is 0 Å². The van der Waals surface area contributed by atoms with Gasteiger partial charge in [-0.1, -0.05) is 6.07 Å². The molecule has 29 heavy (non-hydrogen) atoms. The number of rotatable bonds is 7. The molecule has 0 saturated carbocycles. The minimum atomic E-state index is -0.712. The number of anilines is 1. The predicted octanol–water partition coefficient (Wildman–Crippen LogP) is 2.59. The van der Waals surface area contributed by atoms with Crippen molar-refractivity contribution in [1.29, 1.82) is 0 Å². The van der Waals surface area contributed by atoms with Crippen LogP contribution in [0.2, 0.25) is 0 Å². The zero-order chi connectivity index (χ0) is 20.6. The van der Waals surface area contributed by atoms with Crippen molar-refractivity contribution in [2.24, 2.45) is 4.99 Å². The fraction of sp³-hybridized carbons (Fsp3) is 0.476. The molecule has 0 bridgehead atoms. The number of hydrogen-bond donors (Lipinski definition) is 2. The van der Waals surface area contributed by atoms with Crippen LogP contribution >= 0.6 is 11.3 Å². The number of benzene rings is 1. The number of ether oxygens (including phenoxy) is 2. The third-order valence-corrected chi connectivity index (χ3v) is 5.87. The first-order valence-electron chi connectivity index (χ1n) is 9.88. The zero-order valence-corrected chi connectivity index (χ0v) is 18.1. The van der Waals surface area contributed by atoms with Gasteiger partial charge in [0.25, 0.3) is 0 Å². The Bertz CT molecular complexity index is 789. The first-order valence-corrected chi connectivity index (χ1v) is 10.8. The van der Waals surface area contributed by atoms with Gasteiger partial charge < -0.3 is 29.7 Å². The summed E-state index contributed by atoms with van der Waals surface area (Å²) in [6.07, 6.45) is -0.712. The summed E-state index contributed by atoms with van der Waals surface area (Å²) in [5, 5.41) is 17.4. The lowest BCUT2D eigenvalue weighted by atomic mass is 10.1. The number of guanidine groups is 1. The van der Waals surface area contributed by atoms with E-state index in [-0.39, 0.29) is 6.54 Å². The minimum absolute atomic E-state index is 0.281. The third kappa shape index (κ3) is 5.33.